The minimum absolute atomic E-state index is 0.0229. The third-order valence-electron chi connectivity index (χ3n) is 3.12. The van der Waals surface area contributed by atoms with Crippen LogP contribution in [-0.4, -0.2) is 27.5 Å². The van der Waals surface area contributed by atoms with Gasteiger partial charge in [-0.15, -0.1) is 0 Å². The second kappa shape index (κ2) is 5.33. The highest BCUT2D eigenvalue weighted by Crippen LogP contribution is 2.40. The van der Waals surface area contributed by atoms with Crippen molar-refractivity contribution in [3.8, 4) is 0 Å². The van der Waals surface area contributed by atoms with Gasteiger partial charge >= 0.3 is 0 Å². The first-order valence-corrected chi connectivity index (χ1v) is 6.94. The molecule has 3 rings (SSSR count). The quantitative estimate of drug-likeness (QED) is 0.874. The van der Waals surface area contributed by atoms with Crippen LogP contribution in [0.5, 0.6) is 0 Å². The lowest BCUT2D eigenvalue weighted by Gasteiger charge is -2.29. The Bertz CT molecular complexity index is 606. The highest BCUT2D eigenvalue weighted by molar-refractivity contribution is 6.35. The molecule has 5 nitrogen and oxygen atoms in total. The smallest absolute Gasteiger partial charge is 0.217 e. The van der Waals surface area contributed by atoms with Gasteiger partial charge in [0.25, 0.3) is 0 Å². The van der Waals surface area contributed by atoms with Crippen LogP contribution in [0.4, 0.5) is 0 Å². The molecule has 0 N–H and O–H groups in total. The zero-order valence-corrected chi connectivity index (χ0v) is 12.3. The first-order valence-electron chi connectivity index (χ1n) is 6.19. The highest BCUT2D eigenvalue weighted by Gasteiger charge is 2.44. The molecule has 1 aromatic heterocycles. The van der Waals surface area contributed by atoms with Crippen LogP contribution >= 0.6 is 23.2 Å². The molecule has 1 aliphatic rings. The van der Waals surface area contributed by atoms with Gasteiger partial charge in [-0.3, -0.25) is 0 Å². The van der Waals surface area contributed by atoms with Crippen molar-refractivity contribution in [1.29, 1.82) is 0 Å². The monoisotopic (exact) mass is 313 g/mol. The van der Waals surface area contributed by atoms with E-state index in [1.165, 1.54) is 6.33 Å². The van der Waals surface area contributed by atoms with E-state index in [0.717, 1.165) is 5.56 Å². The Morgan fingerprint density at radius 1 is 1.45 bits per heavy atom. The van der Waals surface area contributed by atoms with Crippen LogP contribution in [0.1, 0.15) is 12.5 Å². The second-order valence-electron chi connectivity index (χ2n) is 4.71. The van der Waals surface area contributed by atoms with Gasteiger partial charge < -0.3 is 9.47 Å². The van der Waals surface area contributed by atoms with Crippen LogP contribution in [0.2, 0.25) is 10.0 Å². The Morgan fingerprint density at radius 3 is 2.90 bits per heavy atom. The molecule has 0 bridgehead atoms. The molecule has 1 fully saturated rings. The summed E-state index contributed by atoms with van der Waals surface area (Å²) in [6, 6.07) is 5.26. The number of nitrogens with zero attached hydrogens (tertiary/aromatic N) is 3. The zero-order valence-electron chi connectivity index (χ0n) is 10.8. The first-order chi connectivity index (χ1) is 9.59. The SMILES string of the molecule is C[C@H]1CO[C@@](Cn2cncn2)(c2ccc(Cl)cc2Cl)O1. The van der Waals surface area contributed by atoms with E-state index in [-0.39, 0.29) is 6.10 Å². The predicted octanol–water partition coefficient (Wildman–Crippen LogP) is 2.87. The largest absolute Gasteiger partial charge is 0.342 e. The summed E-state index contributed by atoms with van der Waals surface area (Å²) >= 11 is 12.2. The molecule has 2 atom stereocenters. The normalized spacial score (nSPS) is 26.1. The molecule has 1 aliphatic heterocycles. The minimum Gasteiger partial charge on any atom is -0.342 e. The standard InChI is InChI=1S/C13H13Cl2N3O2/c1-9-5-19-13(20-9,6-18-8-16-7-17-18)11-3-2-10(14)4-12(11)15/h2-4,7-9H,5-6H2,1H3/t9-,13+/m0/s1. The van der Waals surface area contributed by atoms with Crippen molar-refractivity contribution in [1.82, 2.24) is 14.8 Å². The zero-order chi connectivity index (χ0) is 14.2. The Hall–Kier alpha value is -1.14. The summed E-state index contributed by atoms with van der Waals surface area (Å²) in [5, 5.41) is 5.18. The van der Waals surface area contributed by atoms with Crippen molar-refractivity contribution in [2.45, 2.75) is 25.4 Å². The van der Waals surface area contributed by atoms with E-state index in [4.69, 9.17) is 32.7 Å². The van der Waals surface area contributed by atoms with Gasteiger partial charge in [0.1, 0.15) is 19.2 Å². The third-order valence-corrected chi connectivity index (χ3v) is 3.67. The number of hydrogen-bond acceptors (Lipinski definition) is 4. The molecule has 20 heavy (non-hydrogen) atoms. The van der Waals surface area contributed by atoms with E-state index in [9.17, 15) is 0 Å². The lowest BCUT2D eigenvalue weighted by molar-refractivity contribution is -0.186. The van der Waals surface area contributed by atoms with Crippen LogP contribution in [0, 0.1) is 0 Å². The third kappa shape index (κ3) is 2.54. The first kappa shape index (κ1) is 13.8. The van der Waals surface area contributed by atoms with E-state index < -0.39 is 5.79 Å². The van der Waals surface area contributed by atoms with Crippen LogP contribution in [0.15, 0.2) is 30.9 Å². The summed E-state index contributed by atoms with van der Waals surface area (Å²) in [6.07, 6.45) is 3.06. The molecule has 7 heteroatoms. The molecular formula is C13H13Cl2N3O2. The van der Waals surface area contributed by atoms with E-state index >= 15 is 0 Å². The number of aromatic nitrogens is 3. The predicted molar refractivity (Wildman–Crippen MR) is 74.7 cm³/mol. The van der Waals surface area contributed by atoms with E-state index in [1.807, 2.05) is 13.0 Å². The average molecular weight is 314 g/mol. The van der Waals surface area contributed by atoms with Gasteiger partial charge in [-0.2, -0.15) is 5.10 Å². The topological polar surface area (TPSA) is 49.2 Å². The molecule has 0 amide bonds. The number of ether oxygens (including phenoxy) is 2. The molecular weight excluding hydrogens is 301 g/mol. The van der Waals surface area contributed by atoms with Crippen molar-refractivity contribution in [2.75, 3.05) is 6.61 Å². The summed E-state index contributed by atoms with van der Waals surface area (Å²) in [6.45, 7) is 2.82. The Kier molecular flexibility index (Phi) is 3.69. The van der Waals surface area contributed by atoms with Crippen LogP contribution in [0.3, 0.4) is 0 Å². The molecule has 0 aliphatic carbocycles. The van der Waals surface area contributed by atoms with Gasteiger partial charge in [-0.25, -0.2) is 9.67 Å². The van der Waals surface area contributed by atoms with Crippen molar-refractivity contribution in [3.05, 3.63) is 46.5 Å². The van der Waals surface area contributed by atoms with Gasteiger partial charge in [-0.05, 0) is 19.1 Å². The van der Waals surface area contributed by atoms with E-state index in [1.54, 1.807) is 23.1 Å². The van der Waals surface area contributed by atoms with Gasteiger partial charge in [0.2, 0.25) is 5.79 Å². The second-order valence-corrected chi connectivity index (χ2v) is 5.55. The maximum atomic E-state index is 6.30. The van der Waals surface area contributed by atoms with Gasteiger partial charge in [0.05, 0.1) is 17.7 Å². The molecule has 1 saturated heterocycles. The Balaban J connectivity index is 2.01. The van der Waals surface area contributed by atoms with Crippen molar-refractivity contribution < 1.29 is 9.47 Å². The maximum absolute atomic E-state index is 6.30. The summed E-state index contributed by atoms with van der Waals surface area (Å²) < 4.78 is 13.5. The van der Waals surface area contributed by atoms with Crippen molar-refractivity contribution >= 4 is 23.2 Å². The highest BCUT2D eigenvalue weighted by atomic mass is 35.5. The molecule has 106 valence electrons. The Morgan fingerprint density at radius 2 is 2.30 bits per heavy atom. The van der Waals surface area contributed by atoms with Gasteiger partial charge in [0.15, 0.2) is 0 Å². The van der Waals surface area contributed by atoms with Crippen LogP contribution < -0.4 is 0 Å². The number of halogens is 2. The van der Waals surface area contributed by atoms with Crippen molar-refractivity contribution in [3.63, 3.8) is 0 Å². The summed E-state index contributed by atoms with van der Waals surface area (Å²) in [5.41, 5.74) is 0.739. The fourth-order valence-corrected chi connectivity index (χ4v) is 2.83. The summed E-state index contributed by atoms with van der Waals surface area (Å²) in [7, 11) is 0. The molecule has 0 saturated carbocycles. The minimum atomic E-state index is -0.964. The summed E-state index contributed by atoms with van der Waals surface area (Å²) in [5.74, 6) is -0.964. The molecule has 0 unspecified atom stereocenters. The molecule has 1 aromatic carbocycles. The molecule has 2 aromatic rings. The van der Waals surface area contributed by atoms with Gasteiger partial charge in [0, 0.05) is 10.6 Å². The Labute approximate surface area is 126 Å². The fraction of sp³-hybridized carbons (Fsp3) is 0.385. The number of rotatable bonds is 3. The molecule has 0 spiro atoms. The molecule has 0 radical (unpaired) electrons. The van der Waals surface area contributed by atoms with E-state index in [0.29, 0.717) is 23.2 Å². The van der Waals surface area contributed by atoms with Crippen LogP contribution in [-0.2, 0) is 21.8 Å². The average Bonchev–Trinajstić information content (AvgIpc) is 3.00. The van der Waals surface area contributed by atoms with Gasteiger partial charge in [-0.1, -0.05) is 29.3 Å². The number of hydrogen-bond donors (Lipinski definition) is 0. The van der Waals surface area contributed by atoms with Crippen LogP contribution in [0.25, 0.3) is 0 Å². The fourth-order valence-electron chi connectivity index (χ4n) is 2.28. The maximum Gasteiger partial charge on any atom is 0.217 e. The summed E-state index contributed by atoms with van der Waals surface area (Å²) in [4.78, 5) is 3.93. The van der Waals surface area contributed by atoms with E-state index in [2.05, 4.69) is 10.1 Å². The molecule has 2 heterocycles. The van der Waals surface area contributed by atoms with Crippen molar-refractivity contribution in [2.24, 2.45) is 0 Å². The lowest BCUT2D eigenvalue weighted by atomic mass is 10.1. The lowest BCUT2D eigenvalue weighted by Crippen LogP contribution is -2.34. The number of benzene rings is 1.